The molecule has 0 bridgehead atoms. The molecule has 0 fully saturated rings. The maximum atomic E-state index is 13.1. The first-order valence-corrected chi connectivity index (χ1v) is 6.51. The van der Waals surface area contributed by atoms with Crippen molar-refractivity contribution in [1.29, 1.82) is 0 Å². The average Bonchev–Trinajstić information content (AvgIpc) is 2.91. The van der Waals surface area contributed by atoms with E-state index in [1.54, 1.807) is 19.1 Å². The molecule has 6 heteroatoms. The lowest BCUT2D eigenvalue weighted by molar-refractivity contribution is 0.432. The largest absolute Gasteiger partial charge is 0.506 e. The highest BCUT2D eigenvalue weighted by Crippen LogP contribution is 2.30. The van der Waals surface area contributed by atoms with Gasteiger partial charge in [-0.1, -0.05) is 16.8 Å². The third-order valence-corrected chi connectivity index (χ3v) is 3.35. The van der Waals surface area contributed by atoms with Gasteiger partial charge in [-0.15, -0.1) is 0 Å². The number of halogens is 2. The number of nitrogens with zero attached hydrogens (tertiary/aromatic N) is 2. The fourth-order valence-electron chi connectivity index (χ4n) is 1.97. The number of benzene rings is 2. The van der Waals surface area contributed by atoms with Crippen LogP contribution in [0.25, 0.3) is 22.8 Å². The summed E-state index contributed by atoms with van der Waals surface area (Å²) in [7, 11) is 0. The van der Waals surface area contributed by atoms with Gasteiger partial charge in [0, 0.05) is 11.1 Å². The van der Waals surface area contributed by atoms with Gasteiger partial charge in [0.25, 0.3) is 5.89 Å². The van der Waals surface area contributed by atoms with Crippen LogP contribution in [-0.4, -0.2) is 15.2 Å². The van der Waals surface area contributed by atoms with Crippen molar-refractivity contribution in [2.45, 2.75) is 6.92 Å². The molecule has 2 aromatic carbocycles. The van der Waals surface area contributed by atoms with Crippen molar-refractivity contribution >= 4 is 11.6 Å². The third-order valence-electron chi connectivity index (χ3n) is 3.05. The first-order valence-electron chi connectivity index (χ1n) is 6.14. The van der Waals surface area contributed by atoms with Crippen LogP contribution < -0.4 is 0 Å². The van der Waals surface area contributed by atoms with Gasteiger partial charge in [0.1, 0.15) is 11.6 Å². The minimum atomic E-state index is -0.315. The molecule has 0 saturated heterocycles. The lowest BCUT2D eigenvalue weighted by Crippen LogP contribution is -1.87. The Balaban J connectivity index is 2.01. The van der Waals surface area contributed by atoms with Crippen molar-refractivity contribution < 1.29 is 14.0 Å². The Hall–Kier alpha value is -2.40. The fourth-order valence-corrected chi connectivity index (χ4v) is 2.15. The van der Waals surface area contributed by atoms with Crippen molar-refractivity contribution in [2.75, 3.05) is 0 Å². The van der Waals surface area contributed by atoms with Crippen molar-refractivity contribution in [3.05, 3.63) is 52.8 Å². The zero-order chi connectivity index (χ0) is 15.0. The molecule has 0 aliphatic carbocycles. The summed E-state index contributed by atoms with van der Waals surface area (Å²) >= 11 is 5.85. The molecule has 0 spiro atoms. The van der Waals surface area contributed by atoms with Crippen LogP contribution in [0, 0.1) is 12.7 Å². The SMILES string of the molecule is Cc1cc(F)ccc1-c1noc(-c2ccc(O)c(Cl)c2)n1. The van der Waals surface area contributed by atoms with Gasteiger partial charge in [-0.3, -0.25) is 0 Å². The van der Waals surface area contributed by atoms with Gasteiger partial charge in [-0.05, 0) is 48.9 Å². The van der Waals surface area contributed by atoms with Crippen LogP contribution in [0.4, 0.5) is 4.39 Å². The van der Waals surface area contributed by atoms with Crippen molar-refractivity contribution in [3.63, 3.8) is 0 Å². The number of hydrogen-bond acceptors (Lipinski definition) is 4. The Morgan fingerprint density at radius 3 is 2.71 bits per heavy atom. The van der Waals surface area contributed by atoms with E-state index in [0.717, 1.165) is 0 Å². The van der Waals surface area contributed by atoms with E-state index < -0.39 is 0 Å². The maximum absolute atomic E-state index is 13.1. The number of rotatable bonds is 2. The third kappa shape index (κ3) is 2.60. The van der Waals surface area contributed by atoms with Gasteiger partial charge in [-0.2, -0.15) is 4.98 Å². The maximum Gasteiger partial charge on any atom is 0.258 e. The minimum Gasteiger partial charge on any atom is -0.506 e. The van der Waals surface area contributed by atoms with E-state index in [-0.39, 0.29) is 22.5 Å². The zero-order valence-electron chi connectivity index (χ0n) is 11.0. The van der Waals surface area contributed by atoms with Gasteiger partial charge in [0.15, 0.2) is 0 Å². The van der Waals surface area contributed by atoms with E-state index in [4.69, 9.17) is 16.1 Å². The van der Waals surface area contributed by atoms with Crippen LogP contribution >= 0.6 is 11.6 Å². The molecule has 106 valence electrons. The number of aromatic nitrogens is 2. The highest BCUT2D eigenvalue weighted by atomic mass is 35.5. The van der Waals surface area contributed by atoms with Crippen LogP contribution in [0.2, 0.25) is 5.02 Å². The summed E-state index contributed by atoms with van der Waals surface area (Å²) in [4.78, 5) is 4.27. The van der Waals surface area contributed by atoms with Crippen molar-refractivity contribution in [1.82, 2.24) is 10.1 Å². The number of hydrogen-bond donors (Lipinski definition) is 1. The predicted molar refractivity (Wildman–Crippen MR) is 76.5 cm³/mol. The summed E-state index contributed by atoms with van der Waals surface area (Å²) in [6.45, 7) is 1.77. The van der Waals surface area contributed by atoms with E-state index in [9.17, 15) is 9.50 Å². The number of phenolic OH excluding ortho intramolecular Hbond substituents is 1. The smallest absolute Gasteiger partial charge is 0.258 e. The Kier molecular flexibility index (Phi) is 3.35. The van der Waals surface area contributed by atoms with Gasteiger partial charge in [-0.25, -0.2) is 4.39 Å². The van der Waals surface area contributed by atoms with E-state index >= 15 is 0 Å². The van der Waals surface area contributed by atoms with Crippen LogP contribution in [0.5, 0.6) is 5.75 Å². The zero-order valence-corrected chi connectivity index (χ0v) is 11.7. The standard InChI is InChI=1S/C15H10ClFN2O2/c1-8-6-10(17)3-4-11(8)14-18-15(21-19-14)9-2-5-13(20)12(16)7-9/h2-7,20H,1H3. The summed E-state index contributed by atoms with van der Waals surface area (Å²) in [6.07, 6.45) is 0. The molecular formula is C15H10ClFN2O2. The Labute approximate surface area is 124 Å². The molecular weight excluding hydrogens is 295 g/mol. The van der Waals surface area contributed by atoms with Crippen LogP contribution in [0.3, 0.4) is 0 Å². The highest BCUT2D eigenvalue weighted by Gasteiger charge is 2.13. The monoisotopic (exact) mass is 304 g/mol. The summed E-state index contributed by atoms with van der Waals surface area (Å²) < 4.78 is 18.3. The number of aryl methyl sites for hydroxylation is 1. The highest BCUT2D eigenvalue weighted by molar-refractivity contribution is 6.32. The molecule has 0 unspecified atom stereocenters. The van der Waals surface area contributed by atoms with E-state index in [1.165, 1.54) is 24.3 Å². The second-order valence-corrected chi connectivity index (χ2v) is 4.96. The molecule has 0 aliphatic heterocycles. The van der Waals surface area contributed by atoms with E-state index in [1.807, 2.05) is 0 Å². The molecule has 0 aliphatic rings. The normalized spacial score (nSPS) is 10.8. The van der Waals surface area contributed by atoms with Crippen molar-refractivity contribution in [2.24, 2.45) is 0 Å². The second kappa shape index (κ2) is 5.18. The van der Waals surface area contributed by atoms with E-state index in [0.29, 0.717) is 22.5 Å². The van der Waals surface area contributed by atoms with E-state index in [2.05, 4.69) is 10.1 Å². The summed E-state index contributed by atoms with van der Waals surface area (Å²) in [5.74, 6) is 0.308. The van der Waals surface area contributed by atoms with Crippen LogP contribution in [0.15, 0.2) is 40.9 Å². The Bertz CT molecular complexity index is 817. The van der Waals surface area contributed by atoms with Gasteiger partial charge in [0.2, 0.25) is 5.82 Å². The predicted octanol–water partition coefficient (Wildman–Crippen LogP) is 4.21. The fraction of sp³-hybridized carbons (Fsp3) is 0.0667. The molecule has 0 radical (unpaired) electrons. The molecule has 1 heterocycles. The van der Waals surface area contributed by atoms with Gasteiger partial charge in [0.05, 0.1) is 5.02 Å². The molecule has 21 heavy (non-hydrogen) atoms. The molecule has 0 saturated carbocycles. The first kappa shape index (κ1) is 13.6. The summed E-state index contributed by atoms with van der Waals surface area (Å²) in [6, 6.07) is 8.95. The molecule has 4 nitrogen and oxygen atoms in total. The first-order chi connectivity index (χ1) is 10.0. The minimum absolute atomic E-state index is 0.0189. The summed E-state index contributed by atoms with van der Waals surface area (Å²) in [5, 5.41) is 13.5. The van der Waals surface area contributed by atoms with Crippen molar-refractivity contribution in [3.8, 4) is 28.6 Å². The quantitative estimate of drug-likeness (QED) is 0.770. The Morgan fingerprint density at radius 1 is 1.19 bits per heavy atom. The molecule has 0 atom stereocenters. The lowest BCUT2D eigenvalue weighted by Gasteiger charge is -2.00. The Morgan fingerprint density at radius 2 is 2.00 bits per heavy atom. The average molecular weight is 305 g/mol. The van der Waals surface area contributed by atoms with Crippen LogP contribution in [0.1, 0.15) is 5.56 Å². The lowest BCUT2D eigenvalue weighted by atomic mass is 10.1. The molecule has 3 rings (SSSR count). The van der Waals surface area contributed by atoms with Gasteiger partial charge >= 0.3 is 0 Å². The molecule has 1 N–H and O–H groups in total. The number of aromatic hydroxyl groups is 1. The second-order valence-electron chi connectivity index (χ2n) is 4.55. The topological polar surface area (TPSA) is 59.2 Å². The molecule has 3 aromatic rings. The summed E-state index contributed by atoms with van der Waals surface area (Å²) in [5.41, 5.74) is 2.00. The van der Waals surface area contributed by atoms with Gasteiger partial charge < -0.3 is 9.63 Å². The number of phenols is 1. The molecule has 1 aromatic heterocycles. The van der Waals surface area contributed by atoms with Crippen LogP contribution in [-0.2, 0) is 0 Å². The molecule has 0 amide bonds.